The molecule has 3 N–H and O–H groups in total. The number of nitrogens with one attached hydrogen (secondary N) is 1. The molecule has 0 amide bonds. The fourth-order valence-electron chi connectivity index (χ4n) is 2.15. The van der Waals surface area contributed by atoms with E-state index in [0.29, 0.717) is 6.54 Å². The Morgan fingerprint density at radius 1 is 1.16 bits per heavy atom. The summed E-state index contributed by atoms with van der Waals surface area (Å²) in [6, 6.07) is 6.79. The molecule has 0 aliphatic rings. The van der Waals surface area contributed by atoms with Crippen LogP contribution in [0.15, 0.2) is 29.2 Å². The topological polar surface area (TPSA) is 72.2 Å². The van der Waals surface area contributed by atoms with Gasteiger partial charge >= 0.3 is 0 Å². The van der Waals surface area contributed by atoms with E-state index < -0.39 is 10.0 Å². The van der Waals surface area contributed by atoms with E-state index in [2.05, 4.69) is 4.72 Å². The zero-order valence-electron chi connectivity index (χ0n) is 11.9. The van der Waals surface area contributed by atoms with Crippen LogP contribution in [-0.4, -0.2) is 14.0 Å². The fourth-order valence-corrected chi connectivity index (χ4v) is 3.84. The van der Waals surface area contributed by atoms with Crippen molar-refractivity contribution in [2.75, 3.05) is 0 Å². The van der Waals surface area contributed by atoms with Crippen molar-refractivity contribution < 1.29 is 8.42 Å². The maximum Gasteiger partial charge on any atom is 0.241 e. The molecule has 0 aliphatic heterocycles. The van der Waals surface area contributed by atoms with Crippen LogP contribution in [0.25, 0.3) is 0 Å². The third kappa shape index (κ3) is 3.78. The molecule has 0 saturated heterocycles. The van der Waals surface area contributed by atoms with Crippen LogP contribution in [0.3, 0.4) is 0 Å². The van der Waals surface area contributed by atoms with Gasteiger partial charge in [-0.1, -0.05) is 32.9 Å². The summed E-state index contributed by atoms with van der Waals surface area (Å²) in [5.41, 5.74) is 6.01. The standard InChI is InChI=1S/C14H24N2O2S/c1-4-14(5-2,6-3)16-19(17,18)13-9-7-8-12(10-13)11-15/h7-10,16H,4-6,11,15H2,1-3H3. The van der Waals surface area contributed by atoms with Crippen LogP contribution in [0.1, 0.15) is 45.6 Å². The van der Waals surface area contributed by atoms with E-state index in [9.17, 15) is 8.42 Å². The molecule has 1 rings (SSSR count). The molecule has 0 heterocycles. The highest BCUT2D eigenvalue weighted by Crippen LogP contribution is 2.23. The monoisotopic (exact) mass is 284 g/mol. The van der Waals surface area contributed by atoms with Crippen molar-refractivity contribution in [3.8, 4) is 0 Å². The summed E-state index contributed by atoms with van der Waals surface area (Å²) in [6.07, 6.45) is 2.32. The molecule has 0 radical (unpaired) electrons. The van der Waals surface area contributed by atoms with E-state index >= 15 is 0 Å². The number of hydrogen-bond donors (Lipinski definition) is 2. The Balaban J connectivity index is 3.10. The Labute approximate surface area is 116 Å². The molecular weight excluding hydrogens is 260 g/mol. The van der Waals surface area contributed by atoms with Crippen molar-refractivity contribution in [1.29, 1.82) is 0 Å². The number of nitrogens with two attached hydrogens (primary N) is 1. The zero-order chi connectivity index (χ0) is 14.5. The molecule has 0 aromatic heterocycles. The first kappa shape index (κ1) is 16.1. The second-order valence-corrected chi connectivity index (χ2v) is 6.48. The summed E-state index contributed by atoms with van der Waals surface area (Å²) in [7, 11) is -3.49. The van der Waals surface area contributed by atoms with Gasteiger partial charge in [0, 0.05) is 12.1 Å². The largest absolute Gasteiger partial charge is 0.326 e. The molecule has 108 valence electrons. The Kier molecular flexibility index (Phi) is 5.52. The number of benzene rings is 1. The molecule has 1 aromatic rings. The zero-order valence-corrected chi connectivity index (χ0v) is 12.8. The Bertz CT molecular complexity index is 500. The summed E-state index contributed by atoms with van der Waals surface area (Å²) in [5.74, 6) is 0. The van der Waals surface area contributed by atoms with E-state index in [1.807, 2.05) is 26.8 Å². The summed E-state index contributed by atoms with van der Waals surface area (Å²) in [6.45, 7) is 6.35. The van der Waals surface area contributed by atoms with E-state index in [0.717, 1.165) is 24.8 Å². The normalized spacial score (nSPS) is 12.6. The van der Waals surface area contributed by atoms with Crippen LogP contribution >= 0.6 is 0 Å². The minimum absolute atomic E-state index is 0.287. The van der Waals surface area contributed by atoms with Gasteiger partial charge < -0.3 is 5.73 Å². The molecular formula is C14H24N2O2S. The molecule has 0 fully saturated rings. The maximum atomic E-state index is 12.4. The molecule has 0 saturated carbocycles. The fraction of sp³-hybridized carbons (Fsp3) is 0.571. The first-order valence-electron chi connectivity index (χ1n) is 6.76. The van der Waals surface area contributed by atoms with Gasteiger partial charge in [-0.15, -0.1) is 0 Å². The van der Waals surface area contributed by atoms with Crippen molar-refractivity contribution in [3.05, 3.63) is 29.8 Å². The Morgan fingerprint density at radius 2 is 1.74 bits per heavy atom. The lowest BCUT2D eigenvalue weighted by molar-refractivity contribution is 0.341. The predicted molar refractivity (Wildman–Crippen MR) is 78.3 cm³/mol. The van der Waals surface area contributed by atoms with Crippen LogP contribution in [0.4, 0.5) is 0 Å². The van der Waals surface area contributed by atoms with Crippen LogP contribution in [0, 0.1) is 0 Å². The highest BCUT2D eigenvalue weighted by Gasteiger charge is 2.30. The second kappa shape index (κ2) is 6.50. The van der Waals surface area contributed by atoms with E-state index in [1.54, 1.807) is 18.2 Å². The molecule has 1 aromatic carbocycles. The number of rotatable bonds is 7. The summed E-state index contributed by atoms with van der Waals surface area (Å²) in [5, 5.41) is 0. The summed E-state index contributed by atoms with van der Waals surface area (Å²) in [4.78, 5) is 0.287. The molecule has 5 heteroatoms. The van der Waals surface area contributed by atoms with Gasteiger partial charge in [0.05, 0.1) is 4.90 Å². The quantitative estimate of drug-likeness (QED) is 0.807. The third-order valence-corrected chi connectivity index (χ3v) is 5.40. The van der Waals surface area contributed by atoms with Gasteiger partial charge in [0.15, 0.2) is 0 Å². The minimum Gasteiger partial charge on any atom is -0.326 e. The average Bonchev–Trinajstić information content (AvgIpc) is 2.45. The molecule has 4 nitrogen and oxygen atoms in total. The van der Waals surface area contributed by atoms with Gasteiger partial charge in [0.1, 0.15) is 0 Å². The number of hydrogen-bond acceptors (Lipinski definition) is 3. The van der Waals surface area contributed by atoms with Gasteiger partial charge in [-0.05, 0) is 37.0 Å². The van der Waals surface area contributed by atoms with Crippen molar-refractivity contribution in [2.24, 2.45) is 5.73 Å². The smallest absolute Gasteiger partial charge is 0.241 e. The van der Waals surface area contributed by atoms with E-state index in [4.69, 9.17) is 5.73 Å². The van der Waals surface area contributed by atoms with Gasteiger partial charge in [0.25, 0.3) is 0 Å². The van der Waals surface area contributed by atoms with Gasteiger partial charge in [-0.2, -0.15) is 0 Å². The molecule has 0 atom stereocenters. The predicted octanol–water partition coefficient (Wildman–Crippen LogP) is 2.39. The Hall–Kier alpha value is -0.910. The first-order valence-corrected chi connectivity index (χ1v) is 8.24. The lowest BCUT2D eigenvalue weighted by atomic mass is 9.91. The molecule has 19 heavy (non-hydrogen) atoms. The van der Waals surface area contributed by atoms with E-state index in [1.165, 1.54) is 0 Å². The molecule has 0 spiro atoms. The third-order valence-electron chi connectivity index (χ3n) is 3.83. The van der Waals surface area contributed by atoms with E-state index in [-0.39, 0.29) is 10.4 Å². The SMILES string of the molecule is CCC(CC)(CC)NS(=O)(=O)c1cccc(CN)c1. The lowest BCUT2D eigenvalue weighted by Gasteiger charge is -2.31. The Morgan fingerprint density at radius 3 is 2.21 bits per heavy atom. The van der Waals surface area contributed by atoms with Gasteiger partial charge in [-0.3, -0.25) is 0 Å². The summed E-state index contributed by atoms with van der Waals surface area (Å²) >= 11 is 0. The van der Waals surface area contributed by atoms with Gasteiger partial charge in [0.2, 0.25) is 10.0 Å². The van der Waals surface area contributed by atoms with Crippen molar-refractivity contribution >= 4 is 10.0 Å². The van der Waals surface area contributed by atoms with Gasteiger partial charge in [-0.25, -0.2) is 13.1 Å². The minimum atomic E-state index is -3.49. The van der Waals surface area contributed by atoms with Crippen molar-refractivity contribution in [3.63, 3.8) is 0 Å². The first-order chi connectivity index (χ1) is 8.93. The van der Waals surface area contributed by atoms with Crippen molar-refractivity contribution in [2.45, 2.75) is 57.0 Å². The van der Waals surface area contributed by atoms with Crippen molar-refractivity contribution in [1.82, 2.24) is 4.72 Å². The van der Waals surface area contributed by atoms with Crippen LogP contribution < -0.4 is 10.5 Å². The van der Waals surface area contributed by atoms with Crippen LogP contribution in [0.5, 0.6) is 0 Å². The molecule has 0 bridgehead atoms. The maximum absolute atomic E-state index is 12.4. The summed E-state index contributed by atoms with van der Waals surface area (Å²) < 4.78 is 27.7. The molecule has 0 aliphatic carbocycles. The van der Waals surface area contributed by atoms with Crippen LogP contribution in [0.2, 0.25) is 0 Å². The second-order valence-electron chi connectivity index (χ2n) is 4.80. The lowest BCUT2D eigenvalue weighted by Crippen LogP contribution is -2.46. The highest BCUT2D eigenvalue weighted by molar-refractivity contribution is 7.89. The average molecular weight is 284 g/mol. The highest BCUT2D eigenvalue weighted by atomic mass is 32.2. The molecule has 0 unspecified atom stereocenters. The van der Waals surface area contributed by atoms with Crippen LogP contribution in [-0.2, 0) is 16.6 Å². The number of sulfonamides is 1.